The van der Waals surface area contributed by atoms with Gasteiger partial charge in [-0.15, -0.1) is 0 Å². The molecule has 0 bridgehead atoms. The molecule has 0 aliphatic heterocycles. The van der Waals surface area contributed by atoms with E-state index in [2.05, 4.69) is 20.8 Å². The minimum absolute atomic E-state index is 0.109. The molecule has 0 radical (unpaired) electrons. The largest absolute Gasteiger partial charge is 0.316 e. The normalized spacial score (nSPS) is 14.2. The van der Waals surface area contributed by atoms with Crippen molar-refractivity contribution in [2.45, 2.75) is 130 Å². The van der Waals surface area contributed by atoms with E-state index in [4.69, 9.17) is 11.5 Å². The summed E-state index contributed by atoms with van der Waals surface area (Å²) in [4.78, 5) is 0. The highest BCUT2D eigenvalue weighted by atomic mass is 14.8. The van der Waals surface area contributed by atoms with Gasteiger partial charge in [0, 0.05) is 0 Å². The topological polar surface area (TPSA) is 52.0 Å². The first-order valence-corrected chi connectivity index (χ1v) is 11.1. The van der Waals surface area contributed by atoms with E-state index < -0.39 is 0 Å². The fourth-order valence-corrected chi connectivity index (χ4v) is 3.60. The van der Waals surface area contributed by atoms with Crippen LogP contribution in [0, 0.1) is 11.8 Å². The minimum atomic E-state index is -0.109. The van der Waals surface area contributed by atoms with Gasteiger partial charge in [0.15, 0.2) is 0 Å². The van der Waals surface area contributed by atoms with Crippen molar-refractivity contribution < 1.29 is 0 Å². The molecule has 2 unspecified atom stereocenters. The van der Waals surface area contributed by atoms with Crippen molar-refractivity contribution in [2.75, 3.05) is 0 Å². The van der Waals surface area contributed by atoms with Crippen molar-refractivity contribution in [3.63, 3.8) is 0 Å². The van der Waals surface area contributed by atoms with Crippen LogP contribution in [-0.4, -0.2) is 6.17 Å². The number of hydrogen-bond acceptors (Lipinski definition) is 2. The zero-order valence-corrected chi connectivity index (χ0v) is 17.2. The van der Waals surface area contributed by atoms with Gasteiger partial charge in [-0.3, -0.25) is 0 Å². The summed E-state index contributed by atoms with van der Waals surface area (Å²) in [7, 11) is 0. The Labute approximate surface area is 153 Å². The van der Waals surface area contributed by atoms with E-state index in [1.807, 2.05) is 0 Å². The predicted octanol–water partition coefficient (Wildman–Crippen LogP) is 6.76. The average molecular weight is 341 g/mol. The summed E-state index contributed by atoms with van der Waals surface area (Å²) in [5, 5.41) is 0. The van der Waals surface area contributed by atoms with Crippen LogP contribution in [0.5, 0.6) is 0 Å². The maximum atomic E-state index is 5.57. The molecule has 2 atom stereocenters. The van der Waals surface area contributed by atoms with Gasteiger partial charge in [-0.2, -0.15) is 0 Å². The van der Waals surface area contributed by atoms with Crippen LogP contribution in [-0.2, 0) is 0 Å². The maximum absolute atomic E-state index is 5.57. The van der Waals surface area contributed by atoms with E-state index in [0.717, 1.165) is 18.3 Å². The Balaban J connectivity index is 3.31. The first-order valence-electron chi connectivity index (χ1n) is 11.1. The van der Waals surface area contributed by atoms with Gasteiger partial charge < -0.3 is 11.5 Å². The molecule has 0 aliphatic rings. The van der Waals surface area contributed by atoms with E-state index in [1.165, 1.54) is 96.3 Å². The van der Waals surface area contributed by atoms with Gasteiger partial charge in [-0.25, -0.2) is 0 Å². The third-order valence-electron chi connectivity index (χ3n) is 5.43. The van der Waals surface area contributed by atoms with Crippen LogP contribution in [0.15, 0.2) is 0 Å². The number of unbranched alkanes of at least 4 members (excludes halogenated alkanes) is 8. The summed E-state index contributed by atoms with van der Waals surface area (Å²) in [6, 6.07) is 0. The lowest BCUT2D eigenvalue weighted by Gasteiger charge is -2.14. The lowest BCUT2D eigenvalue weighted by atomic mass is 9.93. The monoisotopic (exact) mass is 340 g/mol. The van der Waals surface area contributed by atoms with Gasteiger partial charge in [-0.1, -0.05) is 117 Å². The summed E-state index contributed by atoms with van der Waals surface area (Å²) in [5.41, 5.74) is 11.1. The highest BCUT2D eigenvalue weighted by molar-refractivity contribution is 4.59. The standard InChI is InChI=1S/C22H48N2/c1-4-5-6-7-10-15-20(2)17-13-14-18-21(3)16-11-8-9-12-19-22(23)24/h20-22H,4-19,23-24H2,1-3H3. The predicted molar refractivity (Wildman–Crippen MR) is 110 cm³/mol. The van der Waals surface area contributed by atoms with Crippen molar-refractivity contribution in [3.05, 3.63) is 0 Å². The number of nitrogens with two attached hydrogens (primary N) is 2. The molecule has 2 nitrogen and oxygen atoms in total. The Morgan fingerprint density at radius 1 is 0.500 bits per heavy atom. The van der Waals surface area contributed by atoms with Crippen LogP contribution in [0.1, 0.15) is 124 Å². The van der Waals surface area contributed by atoms with E-state index in [1.54, 1.807) is 0 Å². The second kappa shape index (κ2) is 17.7. The van der Waals surface area contributed by atoms with Crippen molar-refractivity contribution >= 4 is 0 Å². The van der Waals surface area contributed by atoms with E-state index >= 15 is 0 Å². The lowest BCUT2D eigenvalue weighted by Crippen LogP contribution is -2.29. The molecule has 0 amide bonds. The molecule has 0 aromatic heterocycles. The van der Waals surface area contributed by atoms with Crippen LogP contribution in [0.2, 0.25) is 0 Å². The molecule has 4 N–H and O–H groups in total. The van der Waals surface area contributed by atoms with Crippen molar-refractivity contribution in [1.29, 1.82) is 0 Å². The van der Waals surface area contributed by atoms with Crippen molar-refractivity contribution in [2.24, 2.45) is 23.3 Å². The Kier molecular flexibility index (Phi) is 17.7. The highest BCUT2D eigenvalue weighted by Gasteiger charge is 2.05. The second-order valence-corrected chi connectivity index (χ2v) is 8.35. The lowest BCUT2D eigenvalue weighted by molar-refractivity contribution is 0.400. The Morgan fingerprint density at radius 3 is 1.21 bits per heavy atom. The summed E-state index contributed by atoms with van der Waals surface area (Å²) >= 11 is 0. The van der Waals surface area contributed by atoms with Gasteiger partial charge in [0.2, 0.25) is 0 Å². The van der Waals surface area contributed by atoms with Crippen LogP contribution in [0.3, 0.4) is 0 Å². The van der Waals surface area contributed by atoms with E-state index in [-0.39, 0.29) is 6.17 Å². The third-order valence-corrected chi connectivity index (χ3v) is 5.43. The van der Waals surface area contributed by atoms with Gasteiger partial charge >= 0.3 is 0 Å². The van der Waals surface area contributed by atoms with Crippen LogP contribution >= 0.6 is 0 Å². The van der Waals surface area contributed by atoms with Gasteiger partial charge in [0.05, 0.1) is 6.17 Å². The molecule has 0 rings (SSSR count). The second-order valence-electron chi connectivity index (χ2n) is 8.35. The summed E-state index contributed by atoms with van der Waals surface area (Å²) in [5.74, 6) is 1.85. The van der Waals surface area contributed by atoms with Crippen LogP contribution < -0.4 is 11.5 Å². The first-order chi connectivity index (χ1) is 11.6. The highest BCUT2D eigenvalue weighted by Crippen LogP contribution is 2.21. The van der Waals surface area contributed by atoms with Crippen molar-refractivity contribution in [3.8, 4) is 0 Å². The maximum Gasteiger partial charge on any atom is 0.0520 e. The Hall–Kier alpha value is -0.0800. The summed E-state index contributed by atoms with van der Waals surface area (Å²) in [6.07, 6.45) is 21.8. The molecule has 146 valence electrons. The zero-order valence-electron chi connectivity index (χ0n) is 17.2. The van der Waals surface area contributed by atoms with Gasteiger partial charge in [-0.05, 0) is 18.3 Å². The molecule has 0 fully saturated rings. The molecule has 0 aromatic carbocycles. The molecule has 0 saturated heterocycles. The van der Waals surface area contributed by atoms with Crippen molar-refractivity contribution in [1.82, 2.24) is 0 Å². The SMILES string of the molecule is CCCCCCCC(C)CCCCC(C)CCCCCCC(N)N. The molecule has 0 aromatic rings. The summed E-state index contributed by atoms with van der Waals surface area (Å²) in [6.45, 7) is 7.19. The average Bonchev–Trinajstić information content (AvgIpc) is 2.54. The number of hydrogen-bond donors (Lipinski definition) is 2. The van der Waals surface area contributed by atoms with Gasteiger partial charge in [0.25, 0.3) is 0 Å². The molecule has 24 heavy (non-hydrogen) atoms. The first kappa shape index (κ1) is 23.9. The third kappa shape index (κ3) is 18.3. The summed E-state index contributed by atoms with van der Waals surface area (Å²) < 4.78 is 0. The zero-order chi connectivity index (χ0) is 18.0. The van der Waals surface area contributed by atoms with E-state index in [9.17, 15) is 0 Å². The van der Waals surface area contributed by atoms with E-state index in [0.29, 0.717) is 0 Å². The molecular weight excluding hydrogens is 292 g/mol. The Morgan fingerprint density at radius 2 is 0.833 bits per heavy atom. The van der Waals surface area contributed by atoms with Crippen LogP contribution in [0.25, 0.3) is 0 Å². The number of rotatable bonds is 18. The van der Waals surface area contributed by atoms with Crippen LogP contribution in [0.4, 0.5) is 0 Å². The molecule has 2 heteroatoms. The Bertz CT molecular complexity index is 240. The molecule has 0 aliphatic carbocycles. The smallest absolute Gasteiger partial charge is 0.0520 e. The fourth-order valence-electron chi connectivity index (χ4n) is 3.60. The molecular formula is C22H48N2. The molecule has 0 saturated carbocycles. The minimum Gasteiger partial charge on any atom is -0.316 e. The van der Waals surface area contributed by atoms with Gasteiger partial charge in [0.1, 0.15) is 0 Å². The fraction of sp³-hybridized carbons (Fsp3) is 1.00. The quantitative estimate of drug-likeness (QED) is 0.214. The molecule has 0 spiro atoms. The molecule has 0 heterocycles.